The van der Waals surface area contributed by atoms with Crippen molar-refractivity contribution in [3.05, 3.63) is 63.1 Å². The third-order valence-corrected chi connectivity index (χ3v) is 5.83. The summed E-state index contributed by atoms with van der Waals surface area (Å²) < 4.78 is 29.9. The maximum absolute atomic E-state index is 12.4. The van der Waals surface area contributed by atoms with E-state index in [1.165, 1.54) is 11.3 Å². The maximum Gasteiger partial charge on any atom is 0.335 e. The fourth-order valence-corrected chi connectivity index (χ4v) is 4.20. The van der Waals surface area contributed by atoms with Crippen LogP contribution < -0.4 is 5.32 Å². The van der Waals surface area contributed by atoms with Crippen molar-refractivity contribution in [2.45, 2.75) is 23.9 Å². The van der Waals surface area contributed by atoms with E-state index in [-0.39, 0.29) is 30.5 Å². The van der Waals surface area contributed by atoms with Crippen molar-refractivity contribution in [3.8, 4) is 0 Å². The lowest BCUT2D eigenvalue weighted by molar-refractivity contribution is -0.120. The van der Waals surface area contributed by atoms with Gasteiger partial charge in [0.15, 0.2) is 0 Å². The first-order valence-corrected chi connectivity index (χ1v) is 10.4. The summed E-state index contributed by atoms with van der Waals surface area (Å²) in [6.45, 7) is -0.0378. The van der Waals surface area contributed by atoms with Gasteiger partial charge in [-0.1, -0.05) is 34.9 Å². The Bertz CT molecular complexity index is 1000. The van der Waals surface area contributed by atoms with Crippen LogP contribution in [-0.2, 0) is 33.4 Å². The van der Waals surface area contributed by atoms with Crippen LogP contribution in [0.1, 0.15) is 16.3 Å². The van der Waals surface area contributed by atoms with E-state index in [9.17, 15) is 13.2 Å². The zero-order chi connectivity index (χ0) is 18.6. The van der Waals surface area contributed by atoms with E-state index in [1.807, 2.05) is 17.5 Å². The lowest BCUT2D eigenvalue weighted by atomic mass is 10.2. The van der Waals surface area contributed by atoms with Gasteiger partial charge in [-0.05, 0) is 29.1 Å². The number of halogens is 1. The summed E-state index contributed by atoms with van der Waals surface area (Å²) in [5.74, 6) is -0.497. The quantitative estimate of drug-likeness (QED) is 0.641. The minimum Gasteiger partial charge on any atom is -0.411 e. The molecule has 0 fully saturated rings. The van der Waals surface area contributed by atoms with Gasteiger partial charge in [-0.2, -0.15) is 0 Å². The van der Waals surface area contributed by atoms with Crippen molar-refractivity contribution < 1.29 is 17.6 Å². The summed E-state index contributed by atoms with van der Waals surface area (Å²) in [4.78, 5) is 12.8. The molecule has 3 aromatic rings. The van der Waals surface area contributed by atoms with E-state index in [2.05, 4.69) is 15.5 Å². The molecule has 3 rings (SSSR count). The number of nitrogens with one attached hydrogen (secondary N) is 1. The van der Waals surface area contributed by atoms with Gasteiger partial charge in [0.2, 0.25) is 21.6 Å². The number of amides is 1. The van der Waals surface area contributed by atoms with E-state index in [1.54, 1.807) is 24.3 Å². The first-order valence-electron chi connectivity index (χ1n) is 7.51. The van der Waals surface area contributed by atoms with Gasteiger partial charge in [0.05, 0.1) is 18.7 Å². The fourth-order valence-electron chi connectivity index (χ4n) is 2.15. The van der Waals surface area contributed by atoms with E-state index < -0.39 is 15.1 Å². The summed E-state index contributed by atoms with van der Waals surface area (Å²) in [7, 11) is -3.80. The molecule has 26 heavy (non-hydrogen) atoms. The topological polar surface area (TPSA) is 102 Å². The van der Waals surface area contributed by atoms with E-state index >= 15 is 0 Å². The average Bonchev–Trinajstić information content (AvgIpc) is 3.24. The van der Waals surface area contributed by atoms with Gasteiger partial charge in [0.1, 0.15) is 0 Å². The zero-order valence-corrected chi connectivity index (χ0v) is 15.8. The number of sulfone groups is 1. The highest BCUT2D eigenvalue weighted by molar-refractivity contribution is 7.90. The fraction of sp³-hybridized carbons (Fsp3) is 0.188. The van der Waals surface area contributed by atoms with Gasteiger partial charge in [0.25, 0.3) is 0 Å². The molecule has 136 valence electrons. The molecule has 0 aliphatic carbocycles. The number of rotatable bonds is 7. The molecule has 10 heteroatoms. The Morgan fingerprint density at radius 3 is 2.81 bits per heavy atom. The van der Waals surface area contributed by atoms with Crippen molar-refractivity contribution in [1.29, 1.82) is 0 Å². The van der Waals surface area contributed by atoms with Crippen molar-refractivity contribution >= 4 is 38.7 Å². The Labute approximate surface area is 158 Å². The normalized spacial score (nSPS) is 11.4. The van der Waals surface area contributed by atoms with E-state index in [0.717, 1.165) is 4.88 Å². The molecule has 0 aliphatic heterocycles. The molecule has 0 unspecified atom stereocenters. The van der Waals surface area contributed by atoms with E-state index in [0.29, 0.717) is 10.6 Å². The van der Waals surface area contributed by atoms with E-state index in [4.69, 9.17) is 16.0 Å². The number of hydrogen-bond donors (Lipinski definition) is 1. The summed E-state index contributed by atoms with van der Waals surface area (Å²) >= 11 is 7.34. The minimum absolute atomic E-state index is 0.0224. The highest BCUT2D eigenvalue weighted by atomic mass is 35.5. The first kappa shape index (κ1) is 18.6. The molecular formula is C16H14ClN3O4S2. The number of aromatic nitrogens is 2. The number of thiophene rings is 1. The number of carbonyl (C=O) groups excluding carboxylic acids is 1. The number of carbonyl (C=O) groups is 1. The Morgan fingerprint density at radius 2 is 2.08 bits per heavy atom. The summed E-state index contributed by atoms with van der Waals surface area (Å²) in [6.07, 6.45) is 0.242. The van der Waals surface area contributed by atoms with Crippen molar-refractivity contribution in [3.63, 3.8) is 0 Å². The third-order valence-electron chi connectivity index (χ3n) is 3.31. The second kappa shape index (κ2) is 7.98. The molecule has 0 saturated carbocycles. The summed E-state index contributed by atoms with van der Waals surface area (Å²) in [5.41, 5.74) is 0.515. The zero-order valence-electron chi connectivity index (χ0n) is 13.4. The summed E-state index contributed by atoms with van der Waals surface area (Å²) in [5, 5.41) is 11.7. The van der Waals surface area contributed by atoms with Crippen LogP contribution in [0.2, 0.25) is 5.02 Å². The molecule has 0 atom stereocenters. The Morgan fingerprint density at radius 1 is 1.23 bits per heavy atom. The second-order valence-corrected chi connectivity index (χ2v) is 8.72. The molecule has 1 aromatic carbocycles. The highest BCUT2D eigenvalue weighted by Gasteiger charge is 2.23. The van der Waals surface area contributed by atoms with Crippen LogP contribution in [0.15, 0.2) is 51.4 Å². The van der Waals surface area contributed by atoms with Gasteiger partial charge >= 0.3 is 5.22 Å². The van der Waals surface area contributed by atoms with Gasteiger partial charge in [-0.15, -0.1) is 16.4 Å². The molecule has 2 aromatic heterocycles. The average molecular weight is 412 g/mol. The van der Waals surface area contributed by atoms with Gasteiger partial charge in [-0.3, -0.25) is 4.79 Å². The third kappa shape index (κ3) is 4.90. The Kier molecular flexibility index (Phi) is 5.70. The molecule has 0 aliphatic rings. The van der Waals surface area contributed by atoms with Crippen LogP contribution in [-0.4, -0.2) is 24.5 Å². The van der Waals surface area contributed by atoms with Crippen molar-refractivity contribution in [2.24, 2.45) is 0 Å². The SMILES string of the molecule is O=C(Cc1cccs1)NCc1nnc(S(=O)(=O)Cc2cccc(Cl)c2)o1. The number of hydrogen-bond acceptors (Lipinski definition) is 7. The largest absolute Gasteiger partial charge is 0.411 e. The molecular weight excluding hydrogens is 398 g/mol. The molecule has 1 amide bonds. The van der Waals surface area contributed by atoms with Crippen LogP contribution >= 0.6 is 22.9 Å². The van der Waals surface area contributed by atoms with Crippen LogP contribution in [0.4, 0.5) is 0 Å². The highest BCUT2D eigenvalue weighted by Crippen LogP contribution is 2.18. The lowest BCUT2D eigenvalue weighted by Crippen LogP contribution is -2.24. The summed E-state index contributed by atoms with van der Waals surface area (Å²) in [6, 6.07) is 10.2. The molecule has 0 spiro atoms. The predicted octanol–water partition coefficient (Wildman–Crippen LogP) is 2.62. The maximum atomic E-state index is 12.4. The lowest BCUT2D eigenvalue weighted by Gasteiger charge is -2.01. The number of benzene rings is 1. The molecule has 0 bridgehead atoms. The second-order valence-electron chi connectivity index (χ2n) is 5.38. The van der Waals surface area contributed by atoms with Crippen LogP contribution in [0.3, 0.4) is 0 Å². The Balaban J connectivity index is 1.60. The minimum atomic E-state index is -3.80. The smallest absolute Gasteiger partial charge is 0.335 e. The number of nitrogens with zero attached hydrogens (tertiary/aromatic N) is 2. The molecule has 1 N–H and O–H groups in total. The van der Waals surface area contributed by atoms with Gasteiger partial charge < -0.3 is 9.73 Å². The Hall–Kier alpha value is -2.23. The predicted molar refractivity (Wildman–Crippen MR) is 96.5 cm³/mol. The monoisotopic (exact) mass is 411 g/mol. The van der Waals surface area contributed by atoms with Crippen LogP contribution in [0.5, 0.6) is 0 Å². The molecule has 7 nitrogen and oxygen atoms in total. The van der Waals surface area contributed by atoms with Crippen molar-refractivity contribution in [2.75, 3.05) is 0 Å². The first-order chi connectivity index (χ1) is 12.4. The van der Waals surface area contributed by atoms with Crippen LogP contribution in [0, 0.1) is 0 Å². The van der Waals surface area contributed by atoms with Gasteiger partial charge in [-0.25, -0.2) is 8.42 Å². The molecule has 2 heterocycles. The molecule has 0 radical (unpaired) electrons. The van der Waals surface area contributed by atoms with Crippen molar-refractivity contribution in [1.82, 2.24) is 15.5 Å². The van der Waals surface area contributed by atoms with Gasteiger partial charge in [0, 0.05) is 9.90 Å². The molecule has 0 saturated heterocycles. The standard InChI is InChI=1S/C16H14ClN3O4S2/c17-12-4-1-3-11(7-12)10-26(22,23)16-20-19-15(24-16)9-18-14(21)8-13-5-2-6-25-13/h1-7H,8-10H2,(H,18,21). The van der Waals surface area contributed by atoms with Crippen LogP contribution in [0.25, 0.3) is 0 Å².